The van der Waals surface area contributed by atoms with Crippen molar-refractivity contribution in [3.05, 3.63) is 52.6 Å². The normalized spacial score (nSPS) is 25.6. The minimum atomic E-state index is -1.07. The molecule has 2 aromatic rings. The molecule has 228 valence electrons. The predicted molar refractivity (Wildman–Crippen MR) is 164 cm³/mol. The quantitative estimate of drug-likeness (QED) is 0.370. The fourth-order valence-electron chi connectivity index (χ4n) is 6.86. The molecule has 6 N–H and O–H groups in total. The average molecular weight is 579 g/mol. The second kappa shape index (κ2) is 12.6. The summed E-state index contributed by atoms with van der Waals surface area (Å²) < 4.78 is 1.46. The largest absolute Gasteiger partial charge is 0.354 e. The zero-order valence-corrected chi connectivity index (χ0v) is 25.1. The van der Waals surface area contributed by atoms with E-state index in [9.17, 15) is 14.4 Å². The summed E-state index contributed by atoms with van der Waals surface area (Å²) in [6.07, 6.45) is 7.23. The molecule has 1 aromatic carbocycles. The first-order chi connectivity index (χ1) is 20.0. The Balaban J connectivity index is 1.21. The lowest BCUT2D eigenvalue weighted by Crippen LogP contribution is -2.63. The number of anilines is 1. The number of Topliss-reactive ketones (excluding diaryl/α,β-unsaturated/α-hetero) is 1. The molecule has 3 aliphatic rings. The molecule has 1 aliphatic carbocycles. The summed E-state index contributed by atoms with van der Waals surface area (Å²) in [6.45, 7) is 9.07. The second-order valence-corrected chi connectivity index (χ2v) is 12.9. The van der Waals surface area contributed by atoms with E-state index in [2.05, 4.69) is 39.6 Å². The van der Waals surface area contributed by atoms with Gasteiger partial charge in [0.25, 0.3) is 0 Å². The summed E-state index contributed by atoms with van der Waals surface area (Å²) in [5, 5.41) is 5.82. The number of hydrogen-bond acceptors (Lipinski definition) is 8. The van der Waals surface area contributed by atoms with Gasteiger partial charge in [0.1, 0.15) is 11.9 Å². The molecule has 11 nitrogen and oxygen atoms in total. The fraction of sp³-hybridized carbons (Fsp3) is 0.613. The van der Waals surface area contributed by atoms with Crippen LogP contribution in [0.3, 0.4) is 0 Å². The molecule has 0 spiro atoms. The van der Waals surface area contributed by atoms with Crippen molar-refractivity contribution in [3.8, 4) is 5.69 Å². The van der Waals surface area contributed by atoms with Gasteiger partial charge in [0.15, 0.2) is 5.78 Å². The number of carbonyl (C=O) groups is 2. The number of amides is 2. The van der Waals surface area contributed by atoms with E-state index in [0.717, 1.165) is 44.1 Å². The van der Waals surface area contributed by atoms with Crippen LogP contribution in [-0.2, 0) is 11.2 Å². The van der Waals surface area contributed by atoms with E-state index in [0.29, 0.717) is 37.4 Å². The van der Waals surface area contributed by atoms with Crippen molar-refractivity contribution in [1.82, 2.24) is 24.7 Å². The summed E-state index contributed by atoms with van der Waals surface area (Å²) in [7, 11) is 0. The third-order valence-corrected chi connectivity index (χ3v) is 9.27. The lowest BCUT2D eigenvalue weighted by Gasteiger charge is -2.37. The van der Waals surface area contributed by atoms with Gasteiger partial charge in [-0.2, -0.15) is 4.98 Å². The van der Waals surface area contributed by atoms with Gasteiger partial charge < -0.3 is 21.7 Å². The number of hydrogen-bond donors (Lipinski definition) is 4. The topological polar surface area (TPSA) is 152 Å². The van der Waals surface area contributed by atoms with Crippen LogP contribution in [0.15, 0.2) is 41.3 Å². The van der Waals surface area contributed by atoms with E-state index in [4.69, 9.17) is 11.5 Å². The highest BCUT2D eigenvalue weighted by Crippen LogP contribution is 2.37. The van der Waals surface area contributed by atoms with Crippen molar-refractivity contribution in [2.24, 2.45) is 23.3 Å². The number of nitrogens with two attached hydrogens (primary N) is 2. The van der Waals surface area contributed by atoms with E-state index in [1.54, 1.807) is 26.1 Å². The van der Waals surface area contributed by atoms with Gasteiger partial charge in [0, 0.05) is 51.0 Å². The summed E-state index contributed by atoms with van der Waals surface area (Å²) in [4.78, 5) is 47.0. The van der Waals surface area contributed by atoms with Crippen molar-refractivity contribution >= 4 is 17.6 Å². The average Bonchev–Trinajstić information content (AvgIpc) is 3.38. The standard InChI is InChI=1S/C31H46N8O3/c1-4-24(37-18-21-7-8-23(32)16-22(21)19-37)15-20-5-9-25(10-6-20)38-13-11-27(35-29(38)41)36-30(42)39-14-12-34-17-26(39)28(40)31(2,3)33/h5-6,9-11,13,21-24,26,34H,4,7-8,12,14-19,32-33H2,1-3H3,(H,35,36,41,42). The van der Waals surface area contributed by atoms with Gasteiger partial charge in [-0.25, -0.2) is 9.59 Å². The summed E-state index contributed by atoms with van der Waals surface area (Å²) in [5.41, 5.74) is 12.6. The Kier molecular flexibility index (Phi) is 9.12. The first-order valence-electron chi connectivity index (χ1n) is 15.3. The third-order valence-electron chi connectivity index (χ3n) is 9.27. The SMILES string of the molecule is CCC(Cc1ccc(-n2ccc(NC(=O)N3CCNCC3C(=O)C(C)(C)N)nc2=O)cc1)N1CC2CCC(N)CC2C1. The van der Waals surface area contributed by atoms with Crippen LogP contribution in [0, 0.1) is 11.8 Å². The Hall–Kier alpha value is -3.12. The van der Waals surface area contributed by atoms with E-state index in [1.807, 2.05) is 12.1 Å². The lowest BCUT2D eigenvalue weighted by molar-refractivity contribution is -0.127. The number of nitrogens with zero attached hydrogens (tertiary/aromatic N) is 4. The van der Waals surface area contributed by atoms with Gasteiger partial charge >= 0.3 is 11.7 Å². The number of aromatic nitrogens is 2. The fourth-order valence-corrected chi connectivity index (χ4v) is 6.86. The Morgan fingerprint density at radius 1 is 1.14 bits per heavy atom. The molecule has 2 saturated heterocycles. The van der Waals surface area contributed by atoms with Crippen LogP contribution in [0.25, 0.3) is 5.69 Å². The van der Waals surface area contributed by atoms with Crippen molar-refractivity contribution in [2.75, 3.05) is 38.0 Å². The maximum atomic E-state index is 13.0. The van der Waals surface area contributed by atoms with Crippen LogP contribution in [0.4, 0.5) is 10.6 Å². The summed E-state index contributed by atoms with van der Waals surface area (Å²) in [6, 6.07) is 9.31. The molecular formula is C31H46N8O3. The Morgan fingerprint density at radius 3 is 2.57 bits per heavy atom. The Labute approximate surface area is 248 Å². The molecule has 1 aromatic heterocycles. The molecular weight excluding hydrogens is 532 g/mol. The molecule has 0 bridgehead atoms. The van der Waals surface area contributed by atoms with Gasteiger partial charge in [-0.15, -0.1) is 0 Å². The molecule has 2 aliphatic heterocycles. The number of carbonyl (C=O) groups excluding carboxylic acids is 2. The molecule has 1 saturated carbocycles. The van der Waals surface area contributed by atoms with Crippen LogP contribution in [0.1, 0.15) is 52.0 Å². The van der Waals surface area contributed by atoms with Crippen LogP contribution in [0.2, 0.25) is 0 Å². The van der Waals surface area contributed by atoms with Gasteiger partial charge in [0.05, 0.1) is 11.2 Å². The maximum absolute atomic E-state index is 13.0. The monoisotopic (exact) mass is 578 g/mol. The van der Waals surface area contributed by atoms with E-state index in [-0.39, 0.29) is 11.6 Å². The van der Waals surface area contributed by atoms with Gasteiger partial charge in [-0.1, -0.05) is 19.1 Å². The molecule has 2 amide bonds. The molecule has 42 heavy (non-hydrogen) atoms. The third kappa shape index (κ3) is 6.75. The number of fused-ring (bicyclic) bond motifs is 1. The molecule has 0 radical (unpaired) electrons. The molecule has 3 heterocycles. The van der Waals surface area contributed by atoms with Crippen molar-refractivity contribution in [2.45, 2.75) is 76.5 Å². The van der Waals surface area contributed by atoms with E-state index in [1.165, 1.54) is 28.0 Å². The number of benzene rings is 1. The van der Waals surface area contributed by atoms with Crippen molar-refractivity contribution in [3.63, 3.8) is 0 Å². The first kappa shape index (κ1) is 30.3. The number of likely N-dealkylation sites (tertiary alicyclic amines) is 1. The molecule has 11 heteroatoms. The van der Waals surface area contributed by atoms with Crippen LogP contribution < -0.4 is 27.8 Å². The molecule has 5 rings (SSSR count). The highest BCUT2D eigenvalue weighted by atomic mass is 16.2. The number of piperazine rings is 1. The zero-order chi connectivity index (χ0) is 30.0. The molecule has 5 unspecified atom stereocenters. The van der Waals surface area contributed by atoms with E-state index >= 15 is 0 Å². The smallest absolute Gasteiger partial charge is 0.328 e. The van der Waals surface area contributed by atoms with Crippen LogP contribution in [0.5, 0.6) is 0 Å². The van der Waals surface area contributed by atoms with E-state index < -0.39 is 23.3 Å². The first-order valence-corrected chi connectivity index (χ1v) is 15.3. The molecule has 3 fully saturated rings. The minimum Gasteiger partial charge on any atom is -0.328 e. The second-order valence-electron chi connectivity index (χ2n) is 12.9. The number of ketones is 1. The van der Waals surface area contributed by atoms with Crippen LogP contribution in [-0.4, -0.2) is 87.6 Å². The predicted octanol–water partition coefficient (Wildman–Crippen LogP) is 1.72. The van der Waals surface area contributed by atoms with Crippen molar-refractivity contribution in [1.29, 1.82) is 0 Å². The Morgan fingerprint density at radius 2 is 1.88 bits per heavy atom. The summed E-state index contributed by atoms with van der Waals surface area (Å²) >= 11 is 0. The van der Waals surface area contributed by atoms with Crippen LogP contribution >= 0.6 is 0 Å². The van der Waals surface area contributed by atoms with Crippen molar-refractivity contribution < 1.29 is 9.59 Å². The highest BCUT2D eigenvalue weighted by Gasteiger charge is 2.39. The van der Waals surface area contributed by atoms with Gasteiger partial charge in [-0.05, 0) is 81.5 Å². The van der Waals surface area contributed by atoms with Gasteiger partial charge in [0.2, 0.25) is 0 Å². The number of nitrogens with one attached hydrogen (secondary N) is 2. The molecule has 5 atom stereocenters. The minimum absolute atomic E-state index is 0.132. The Bertz CT molecular complexity index is 1320. The highest BCUT2D eigenvalue weighted by molar-refractivity contribution is 5.97. The lowest BCUT2D eigenvalue weighted by atomic mass is 9.79. The van der Waals surface area contributed by atoms with Gasteiger partial charge in [-0.3, -0.25) is 19.6 Å². The number of rotatable bonds is 8. The summed E-state index contributed by atoms with van der Waals surface area (Å²) in [5.74, 6) is 1.42. The zero-order valence-electron chi connectivity index (χ0n) is 25.1. The maximum Gasteiger partial charge on any atom is 0.354 e. The number of urea groups is 1.